The van der Waals surface area contributed by atoms with Crippen LogP contribution in [0, 0.1) is 17.3 Å². The molecular weight excluding hydrogens is 290 g/mol. The van der Waals surface area contributed by atoms with Gasteiger partial charge >= 0.3 is 6.03 Å². The minimum absolute atomic E-state index is 0.0261. The number of carbonyl (C=O) groups is 2. The van der Waals surface area contributed by atoms with Gasteiger partial charge in [-0.3, -0.25) is 4.79 Å². The molecule has 5 heteroatoms. The van der Waals surface area contributed by atoms with Gasteiger partial charge in [0, 0.05) is 39.1 Å². The Bertz CT molecular complexity index is 405. The van der Waals surface area contributed by atoms with E-state index in [4.69, 9.17) is 0 Å². The SMILES string of the molecule is CC(C)C[C@@H](NC(=O)C1CCN(C(=O)N(C)C)CC1)C(C)(C)C. The molecule has 3 amide bonds. The molecule has 0 spiro atoms. The standard InChI is InChI=1S/C18H35N3O2/c1-13(2)12-15(18(3,4)5)19-16(22)14-8-10-21(11-9-14)17(23)20(6)7/h13-15H,8-12H2,1-7H3,(H,19,22)/t15-/m1/s1. The van der Waals surface area contributed by atoms with E-state index in [0.717, 1.165) is 19.3 Å². The molecular formula is C18H35N3O2. The van der Waals surface area contributed by atoms with Gasteiger partial charge in [0.1, 0.15) is 0 Å². The van der Waals surface area contributed by atoms with Crippen LogP contribution in [0.1, 0.15) is 53.9 Å². The Morgan fingerprint density at radius 3 is 2.09 bits per heavy atom. The van der Waals surface area contributed by atoms with Crippen LogP contribution in [0.15, 0.2) is 0 Å². The molecule has 134 valence electrons. The molecule has 0 saturated carbocycles. The monoisotopic (exact) mass is 325 g/mol. The summed E-state index contributed by atoms with van der Waals surface area (Å²) in [5.74, 6) is 0.736. The molecule has 0 aromatic carbocycles. The predicted octanol–water partition coefficient (Wildman–Crippen LogP) is 2.96. The maximum Gasteiger partial charge on any atom is 0.319 e. The van der Waals surface area contributed by atoms with Crippen molar-refractivity contribution in [2.24, 2.45) is 17.3 Å². The minimum Gasteiger partial charge on any atom is -0.353 e. The number of amides is 3. The molecule has 0 aromatic rings. The number of urea groups is 1. The summed E-state index contributed by atoms with van der Waals surface area (Å²) < 4.78 is 0. The van der Waals surface area contributed by atoms with Crippen molar-refractivity contribution in [3.8, 4) is 0 Å². The van der Waals surface area contributed by atoms with Crippen molar-refractivity contribution in [3.05, 3.63) is 0 Å². The first-order chi connectivity index (χ1) is 10.5. The molecule has 1 aliphatic heterocycles. The highest BCUT2D eigenvalue weighted by Crippen LogP contribution is 2.26. The maximum absolute atomic E-state index is 12.6. The number of piperidine rings is 1. The highest BCUT2D eigenvalue weighted by atomic mass is 16.2. The van der Waals surface area contributed by atoms with E-state index in [9.17, 15) is 9.59 Å². The lowest BCUT2D eigenvalue weighted by Gasteiger charge is -2.36. The maximum atomic E-state index is 12.6. The molecule has 1 fully saturated rings. The molecule has 1 aliphatic rings. The van der Waals surface area contributed by atoms with E-state index >= 15 is 0 Å². The molecule has 1 saturated heterocycles. The average molecular weight is 325 g/mol. The van der Waals surface area contributed by atoms with Gasteiger partial charge in [0.2, 0.25) is 5.91 Å². The summed E-state index contributed by atoms with van der Waals surface area (Å²) in [7, 11) is 3.53. The van der Waals surface area contributed by atoms with Gasteiger partial charge in [-0.15, -0.1) is 0 Å². The normalized spacial score (nSPS) is 18.0. The predicted molar refractivity (Wildman–Crippen MR) is 94.2 cm³/mol. The molecule has 1 heterocycles. The highest BCUT2D eigenvalue weighted by molar-refractivity contribution is 5.80. The van der Waals surface area contributed by atoms with E-state index in [2.05, 4.69) is 39.9 Å². The topological polar surface area (TPSA) is 52.7 Å². The van der Waals surface area contributed by atoms with E-state index in [-0.39, 0.29) is 29.3 Å². The molecule has 1 atom stereocenters. The number of hydrogen-bond acceptors (Lipinski definition) is 2. The van der Waals surface area contributed by atoms with Gasteiger partial charge in [-0.05, 0) is 30.6 Å². The number of carbonyl (C=O) groups excluding carboxylic acids is 2. The Morgan fingerprint density at radius 2 is 1.70 bits per heavy atom. The van der Waals surface area contributed by atoms with Crippen LogP contribution in [0.25, 0.3) is 0 Å². The Kier molecular flexibility index (Phi) is 6.90. The van der Waals surface area contributed by atoms with E-state index in [1.807, 2.05) is 4.90 Å². The Hall–Kier alpha value is -1.26. The number of nitrogens with one attached hydrogen (secondary N) is 1. The first kappa shape index (κ1) is 19.8. The Balaban J connectivity index is 2.57. The fourth-order valence-electron chi connectivity index (χ4n) is 3.01. The van der Waals surface area contributed by atoms with E-state index in [0.29, 0.717) is 19.0 Å². The third kappa shape index (κ3) is 6.04. The Labute approximate surface area is 141 Å². The van der Waals surface area contributed by atoms with Gasteiger partial charge in [-0.25, -0.2) is 4.79 Å². The summed E-state index contributed by atoms with van der Waals surface area (Å²) >= 11 is 0. The summed E-state index contributed by atoms with van der Waals surface area (Å²) in [4.78, 5) is 28.0. The molecule has 0 unspecified atom stereocenters. The third-order valence-electron chi connectivity index (χ3n) is 4.59. The van der Waals surface area contributed by atoms with Crippen molar-refractivity contribution in [3.63, 3.8) is 0 Å². The molecule has 0 radical (unpaired) electrons. The summed E-state index contributed by atoms with van der Waals surface area (Å²) in [5.41, 5.74) is 0.0571. The lowest BCUT2D eigenvalue weighted by atomic mass is 9.81. The minimum atomic E-state index is 0.0261. The van der Waals surface area contributed by atoms with E-state index < -0.39 is 0 Å². The Morgan fingerprint density at radius 1 is 1.17 bits per heavy atom. The summed E-state index contributed by atoms with van der Waals surface area (Å²) in [6.07, 6.45) is 2.50. The molecule has 0 aromatic heterocycles. The van der Waals surface area contributed by atoms with Gasteiger partial charge in [0.25, 0.3) is 0 Å². The first-order valence-electron chi connectivity index (χ1n) is 8.79. The van der Waals surface area contributed by atoms with Crippen molar-refractivity contribution in [2.75, 3.05) is 27.2 Å². The van der Waals surface area contributed by atoms with Crippen LogP contribution in [0.3, 0.4) is 0 Å². The van der Waals surface area contributed by atoms with Crippen LogP contribution >= 0.6 is 0 Å². The fraction of sp³-hybridized carbons (Fsp3) is 0.889. The fourth-order valence-corrected chi connectivity index (χ4v) is 3.01. The molecule has 23 heavy (non-hydrogen) atoms. The van der Waals surface area contributed by atoms with Crippen LogP contribution in [0.2, 0.25) is 0 Å². The highest BCUT2D eigenvalue weighted by Gasteiger charge is 2.32. The van der Waals surface area contributed by atoms with Crippen LogP contribution in [0.4, 0.5) is 4.79 Å². The molecule has 0 bridgehead atoms. The zero-order chi connectivity index (χ0) is 17.8. The van der Waals surface area contributed by atoms with Crippen molar-refractivity contribution >= 4 is 11.9 Å². The van der Waals surface area contributed by atoms with Gasteiger partial charge in [-0.2, -0.15) is 0 Å². The molecule has 1 N–H and O–H groups in total. The summed E-state index contributed by atoms with van der Waals surface area (Å²) in [6.45, 7) is 12.3. The van der Waals surface area contributed by atoms with Crippen LogP contribution < -0.4 is 5.32 Å². The second-order valence-corrected chi connectivity index (χ2v) is 8.50. The zero-order valence-electron chi connectivity index (χ0n) is 16.0. The lowest BCUT2D eigenvalue weighted by molar-refractivity contribution is -0.128. The van der Waals surface area contributed by atoms with Crippen molar-refractivity contribution in [1.82, 2.24) is 15.1 Å². The van der Waals surface area contributed by atoms with Crippen molar-refractivity contribution < 1.29 is 9.59 Å². The molecule has 5 nitrogen and oxygen atoms in total. The van der Waals surface area contributed by atoms with Crippen molar-refractivity contribution in [1.29, 1.82) is 0 Å². The quantitative estimate of drug-likeness (QED) is 0.864. The van der Waals surface area contributed by atoms with Crippen LogP contribution in [0.5, 0.6) is 0 Å². The van der Waals surface area contributed by atoms with Gasteiger partial charge < -0.3 is 15.1 Å². The number of hydrogen-bond donors (Lipinski definition) is 1. The molecule has 0 aliphatic carbocycles. The number of nitrogens with zero attached hydrogens (tertiary/aromatic N) is 2. The van der Waals surface area contributed by atoms with E-state index in [1.54, 1.807) is 19.0 Å². The number of rotatable bonds is 4. The second kappa shape index (κ2) is 8.02. The summed E-state index contributed by atoms with van der Waals surface area (Å²) in [6, 6.07) is 0.229. The average Bonchev–Trinajstić information content (AvgIpc) is 2.44. The second-order valence-electron chi connectivity index (χ2n) is 8.50. The van der Waals surface area contributed by atoms with E-state index in [1.165, 1.54) is 0 Å². The van der Waals surface area contributed by atoms with Gasteiger partial charge in [-0.1, -0.05) is 34.6 Å². The van der Waals surface area contributed by atoms with Gasteiger partial charge in [0.05, 0.1) is 0 Å². The number of likely N-dealkylation sites (tertiary alicyclic amines) is 1. The van der Waals surface area contributed by atoms with Crippen LogP contribution in [-0.2, 0) is 4.79 Å². The largest absolute Gasteiger partial charge is 0.353 e. The smallest absolute Gasteiger partial charge is 0.319 e. The molecule has 1 rings (SSSR count). The van der Waals surface area contributed by atoms with Crippen molar-refractivity contribution in [2.45, 2.75) is 59.9 Å². The van der Waals surface area contributed by atoms with Gasteiger partial charge in [0.15, 0.2) is 0 Å². The lowest BCUT2D eigenvalue weighted by Crippen LogP contribution is -2.50. The zero-order valence-corrected chi connectivity index (χ0v) is 16.0. The third-order valence-corrected chi connectivity index (χ3v) is 4.59. The summed E-state index contributed by atoms with van der Waals surface area (Å²) in [5, 5.41) is 3.27. The van der Waals surface area contributed by atoms with Crippen LogP contribution in [-0.4, -0.2) is 55.0 Å². The first-order valence-corrected chi connectivity index (χ1v) is 8.79.